The maximum absolute atomic E-state index is 12.4. The van der Waals surface area contributed by atoms with Crippen molar-refractivity contribution in [2.24, 2.45) is 5.73 Å². The van der Waals surface area contributed by atoms with Gasteiger partial charge in [-0.3, -0.25) is 4.79 Å². The van der Waals surface area contributed by atoms with E-state index in [1.165, 1.54) is 0 Å². The van der Waals surface area contributed by atoms with Crippen molar-refractivity contribution in [2.75, 3.05) is 13.1 Å². The van der Waals surface area contributed by atoms with E-state index in [1.54, 1.807) is 18.2 Å². The predicted molar refractivity (Wildman–Crippen MR) is 84.1 cm³/mol. The molecule has 0 aliphatic carbocycles. The van der Waals surface area contributed by atoms with Crippen LogP contribution in [-0.2, 0) is 26.0 Å². The van der Waals surface area contributed by atoms with E-state index in [0.29, 0.717) is 5.56 Å². The molecule has 1 aromatic carbocycles. The minimum absolute atomic E-state index is 0.0979. The van der Waals surface area contributed by atoms with E-state index in [-0.39, 0.29) is 11.2 Å². The highest BCUT2D eigenvalue weighted by Gasteiger charge is 2.24. The summed E-state index contributed by atoms with van der Waals surface area (Å²) in [6, 6.07) is 9.01. The van der Waals surface area contributed by atoms with Crippen LogP contribution in [0.25, 0.3) is 0 Å². The highest BCUT2D eigenvalue weighted by molar-refractivity contribution is 7.88. The second kappa shape index (κ2) is 6.90. The number of nitrogens with zero attached hydrogens (tertiary/aromatic N) is 2. The Morgan fingerprint density at radius 3 is 2.50 bits per heavy atom. The molecule has 0 unspecified atom stereocenters. The normalized spacial score (nSPS) is 12.1. The molecule has 0 fully saturated rings. The zero-order valence-electron chi connectivity index (χ0n) is 13.0. The van der Waals surface area contributed by atoms with Gasteiger partial charge in [0.1, 0.15) is 6.54 Å². The van der Waals surface area contributed by atoms with Crippen LogP contribution in [0.1, 0.15) is 31.9 Å². The molecule has 0 aliphatic heterocycles. The molecule has 0 radical (unpaired) electrons. The smallest absolute Gasteiger partial charge is 0.232 e. The molecule has 6 nitrogen and oxygen atoms in total. The standard InChI is InChI=1S/C15H21N3O3S/c1-15(2,3)13-6-4-5-12(9-13)11-22(20,21)18(8-7-16)10-14(17)19/h4-6,9H,8,10-11H2,1-3H3,(H2,17,19). The van der Waals surface area contributed by atoms with Crippen molar-refractivity contribution in [2.45, 2.75) is 31.9 Å². The molecule has 120 valence electrons. The van der Waals surface area contributed by atoms with Gasteiger partial charge in [0.05, 0.1) is 18.4 Å². The molecule has 1 aromatic rings. The number of carbonyl (C=O) groups is 1. The maximum atomic E-state index is 12.4. The second-order valence-electron chi connectivity index (χ2n) is 6.10. The van der Waals surface area contributed by atoms with Crippen LogP contribution < -0.4 is 5.73 Å². The van der Waals surface area contributed by atoms with E-state index in [9.17, 15) is 13.2 Å². The van der Waals surface area contributed by atoms with Gasteiger partial charge in [-0.1, -0.05) is 45.0 Å². The van der Waals surface area contributed by atoms with Crippen molar-refractivity contribution in [1.29, 1.82) is 5.26 Å². The Hall–Kier alpha value is -1.91. The largest absolute Gasteiger partial charge is 0.369 e. The third-order valence-electron chi connectivity index (χ3n) is 3.11. The minimum Gasteiger partial charge on any atom is -0.369 e. The lowest BCUT2D eigenvalue weighted by Crippen LogP contribution is -2.39. The lowest BCUT2D eigenvalue weighted by molar-refractivity contribution is -0.118. The first-order chi connectivity index (χ1) is 10.1. The van der Waals surface area contributed by atoms with Gasteiger partial charge in [0, 0.05) is 0 Å². The highest BCUT2D eigenvalue weighted by Crippen LogP contribution is 2.23. The summed E-state index contributed by atoms with van der Waals surface area (Å²) in [6.07, 6.45) is 0. The lowest BCUT2D eigenvalue weighted by atomic mass is 9.86. The van der Waals surface area contributed by atoms with Gasteiger partial charge < -0.3 is 5.73 Å². The Morgan fingerprint density at radius 1 is 1.36 bits per heavy atom. The van der Waals surface area contributed by atoms with E-state index in [4.69, 9.17) is 11.0 Å². The monoisotopic (exact) mass is 323 g/mol. The summed E-state index contributed by atoms with van der Waals surface area (Å²) < 4.78 is 25.5. The number of hydrogen-bond donors (Lipinski definition) is 1. The third-order valence-corrected chi connectivity index (χ3v) is 4.86. The zero-order valence-corrected chi connectivity index (χ0v) is 13.9. The molecule has 7 heteroatoms. The molecule has 0 saturated carbocycles. The van der Waals surface area contributed by atoms with Gasteiger partial charge in [-0.05, 0) is 16.5 Å². The molecule has 0 spiro atoms. The first-order valence-electron chi connectivity index (χ1n) is 6.79. The fourth-order valence-corrected chi connectivity index (χ4v) is 3.30. The summed E-state index contributed by atoms with van der Waals surface area (Å²) in [5.41, 5.74) is 6.57. The number of hydrogen-bond acceptors (Lipinski definition) is 4. The van der Waals surface area contributed by atoms with Crippen molar-refractivity contribution < 1.29 is 13.2 Å². The van der Waals surface area contributed by atoms with Gasteiger partial charge in [0.15, 0.2) is 0 Å². The first kappa shape index (κ1) is 18.1. The van der Waals surface area contributed by atoms with Crippen molar-refractivity contribution in [3.05, 3.63) is 35.4 Å². The summed E-state index contributed by atoms with van der Waals surface area (Å²) in [4.78, 5) is 11.0. The Balaban J connectivity index is 3.05. The molecule has 1 amide bonds. The Labute approximate surface area is 131 Å². The fourth-order valence-electron chi connectivity index (χ4n) is 1.93. The molecular formula is C15H21N3O3S. The summed E-state index contributed by atoms with van der Waals surface area (Å²) >= 11 is 0. The Morgan fingerprint density at radius 2 is 2.00 bits per heavy atom. The van der Waals surface area contributed by atoms with Crippen LogP contribution >= 0.6 is 0 Å². The molecule has 0 bridgehead atoms. The number of sulfonamides is 1. The van der Waals surface area contributed by atoms with Gasteiger partial charge >= 0.3 is 0 Å². The molecule has 0 aromatic heterocycles. The summed E-state index contributed by atoms with van der Waals surface area (Å²) in [5.74, 6) is -1.06. The molecule has 0 saturated heterocycles. The molecule has 1 rings (SSSR count). The van der Waals surface area contributed by atoms with Gasteiger partial charge in [0.2, 0.25) is 15.9 Å². The third kappa shape index (κ3) is 5.13. The topological polar surface area (TPSA) is 104 Å². The molecule has 0 heterocycles. The minimum atomic E-state index is -3.78. The first-order valence-corrected chi connectivity index (χ1v) is 8.39. The SMILES string of the molecule is CC(C)(C)c1cccc(CS(=O)(=O)N(CC#N)CC(N)=O)c1. The lowest BCUT2D eigenvalue weighted by Gasteiger charge is -2.21. The molecule has 0 atom stereocenters. The van der Waals surface area contributed by atoms with Crippen LogP contribution in [0.15, 0.2) is 24.3 Å². The van der Waals surface area contributed by atoms with Gasteiger partial charge in [-0.25, -0.2) is 8.42 Å². The average molecular weight is 323 g/mol. The van der Waals surface area contributed by atoms with Gasteiger partial charge in [0.25, 0.3) is 0 Å². The number of benzene rings is 1. The molecule has 0 aliphatic rings. The number of primary amides is 1. The predicted octanol–water partition coefficient (Wildman–Crippen LogP) is 1.12. The average Bonchev–Trinajstić information content (AvgIpc) is 2.36. The van der Waals surface area contributed by atoms with Gasteiger partial charge in [-0.15, -0.1) is 0 Å². The summed E-state index contributed by atoms with van der Waals surface area (Å²) in [5, 5.41) is 8.72. The number of nitriles is 1. The number of amides is 1. The molecule has 22 heavy (non-hydrogen) atoms. The van der Waals surface area contributed by atoms with Crippen molar-refractivity contribution in [3.8, 4) is 6.07 Å². The Bertz CT molecular complexity index is 685. The van der Waals surface area contributed by atoms with Crippen LogP contribution in [0.3, 0.4) is 0 Å². The van der Waals surface area contributed by atoms with Crippen molar-refractivity contribution in [1.82, 2.24) is 4.31 Å². The van der Waals surface area contributed by atoms with Gasteiger partial charge in [-0.2, -0.15) is 9.57 Å². The van der Waals surface area contributed by atoms with Crippen LogP contribution in [0.4, 0.5) is 0 Å². The Kier molecular flexibility index (Phi) is 5.69. The van der Waals surface area contributed by atoms with Crippen molar-refractivity contribution >= 4 is 15.9 Å². The van der Waals surface area contributed by atoms with E-state index >= 15 is 0 Å². The van der Waals surface area contributed by atoms with E-state index < -0.39 is 29.0 Å². The second-order valence-corrected chi connectivity index (χ2v) is 8.07. The number of rotatable bonds is 6. The van der Waals surface area contributed by atoms with Crippen LogP contribution in [0.5, 0.6) is 0 Å². The van der Waals surface area contributed by atoms with E-state index in [2.05, 4.69) is 0 Å². The van der Waals surface area contributed by atoms with Crippen LogP contribution in [0.2, 0.25) is 0 Å². The van der Waals surface area contributed by atoms with Crippen molar-refractivity contribution in [3.63, 3.8) is 0 Å². The summed E-state index contributed by atoms with van der Waals surface area (Å²) in [6.45, 7) is 5.22. The quantitative estimate of drug-likeness (QED) is 0.792. The van der Waals surface area contributed by atoms with E-state index in [1.807, 2.05) is 32.9 Å². The molecular weight excluding hydrogens is 302 g/mol. The van der Waals surface area contributed by atoms with Crippen LogP contribution in [0, 0.1) is 11.3 Å². The zero-order chi connectivity index (χ0) is 17.0. The number of carbonyl (C=O) groups excluding carboxylic acids is 1. The van der Waals surface area contributed by atoms with Crippen LogP contribution in [-0.4, -0.2) is 31.7 Å². The van der Waals surface area contributed by atoms with E-state index in [0.717, 1.165) is 9.87 Å². The highest BCUT2D eigenvalue weighted by atomic mass is 32.2. The fraction of sp³-hybridized carbons (Fsp3) is 0.467. The maximum Gasteiger partial charge on any atom is 0.232 e. The number of nitrogens with two attached hydrogens (primary N) is 1. The summed E-state index contributed by atoms with van der Waals surface area (Å²) in [7, 11) is -3.78. The molecule has 2 N–H and O–H groups in total.